The van der Waals surface area contributed by atoms with Gasteiger partial charge in [-0.1, -0.05) is 0 Å². The molecule has 2 rings (SSSR count). The third-order valence-corrected chi connectivity index (χ3v) is 2.08. The van der Waals surface area contributed by atoms with E-state index < -0.39 is 0 Å². The highest BCUT2D eigenvalue weighted by atomic mass is 15.0. The molecule has 0 fully saturated rings. The van der Waals surface area contributed by atoms with Gasteiger partial charge in [0.05, 0.1) is 0 Å². The van der Waals surface area contributed by atoms with E-state index >= 15 is 0 Å². The fraction of sp³-hybridized carbons (Fsp3) is 0.714. The van der Waals surface area contributed by atoms with E-state index in [0.29, 0.717) is 0 Å². The van der Waals surface area contributed by atoms with E-state index in [1.807, 2.05) is 0 Å². The van der Waals surface area contributed by atoms with Crippen LogP contribution >= 0.6 is 0 Å². The normalized spacial score (nSPS) is 25.8. The SMILES string of the molecule is C1CC2=C(CCN2)CN1. The Morgan fingerprint density at radius 1 is 1.11 bits per heavy atom. The third-order valence-electron chi connectivity index (χ3n) is 2.08. The van der Waals surface area contributed by atoms with Crippen LogP contribution < -0.4 is 10.6 Å². The van der Waals surface area contributed by atoms with Crippen molar-refractivity contribution in [3.8, 4) is 0 Å². The minimum Gasteiger partial charge on any atom is -0.388 e. The van der Waals surface area contributed by atoms with Gasteiger partial charge >= 0.3 is 0 Å². The lowest BCUT2D eigenvalue weighted by atomic mass is 10.1. The first kappa shape index (κ1) is 5.30. The van der Waals surface area contributed by atoms with Crippen molar-refractivity contribution in [2.75, 3.05) is 19.6 Å². The van der Waals surface area contributed by atoms with E-state index in [2.05, 4.69) is 10.6 Å². The second-order valence-corrected chi connectivity index (χ2v) is 2.69. The van der Waals surface area contributed by atoms with Crippen LogP contribution in [0, 0.1) is 0 Å². The van der Waals surface area contributed by atoms with Gasteiger partial charge in [-0.25, -0.2) is 0 Å². The quantitative estimate of drug-likeness (QED) is 0.483. The van der Waals surface area contributed by atoms with Gasteiger partial charge in [-0.3, -0.25) is 0 Å². The molecule has 0 aromatic rings. The second kappa shape index (κ2) is 2.03. The van der Waals surface area contributed by atoms with Crippen LogP contribution in [0.15, 0.2) is 11.3 Å². The molecule has 9 heavy (non-hydrogen) atoms. The van der Waals surface area contributed by atoms with E-state index in [0.717, 1.165) is 13.1 Å². The van der Waals surface area contributed by atoms with Crippen molar-refractivity contribution in [3.63, 3.8) is 0 Å². The van der Waals surface area contributed by atoms with E-state index in [9.17, 15) is 0 Å². The molecule has 50 valence electrons. The molecule has 2 heteroatoms. The summed E-state index contributed by atoms with van der Waals surface area (Å²) >= 11 is 0. The Labute approximate surface area is 55.3 Å². The zero-order valence-corrected chi connectivity index (χ0v) is 5.54. The summed E-state index contributed by atoms with van der Waals surface area (Å²) < 4.78 is 0. The molecule has 0 bridgehead atoms. The van der Waals surface area contributed by atoms with Gasteiger partial charge in [0.1, 0.15) is 0 Å². The Morgan fingerprint density at radius 2 is 2.11 bits per heavy atom. The van der Waals surface area contributed by atoms with Gasteiger partial charge < -0.3 is 10.6 Å². The maximum Gasteiger partial charge on any atom is 0.0185 e. The first-order valence-corrected chi connectivity index (χ1v) is 3.62. The van der Waals surface area contributed by atoms with Crippen LogP contribution in [0.2, 0.25) is 0 Å². The number of rotatable bonds is 0. The van der Waals surface area contributed by atoms with Crippen molar-refractivity contribution in [1.29, 1.82) is 0 Å². The molecule has 0 aromatic carbocycles. The van der Waals surface area contributed by atoms with Crippen LogP contribution in [0.25, 0.3) is 0 Å². The average Bonchev–Trinajstić information content (AvgIpc) is 2.33. The third kappa shape index (κ3) is 0.833. The van der Waals surface area contributed by atoms with Gasteiger partial charge in [-0.05, 0) is 18.4 Å². The molecule has 0 atom stereocenters. The molecule has 0 saturated carbocycles. The van der Waals surface area contributed by atoms with Gasteiger partial charge in [0.15, 0.2) is 0 Å². The summed E-state index contributed by atoms with van der Waals surface area (Å²) in [4.78, 5) is 0. The largest absolute Gasteiger partial charge is 0.388 e. The Balaban J connectivity index is 2.17. The summed E-state index contributed by atoms with van der Waals surface area (Å²) in [7, 11) is 0. The number of hydrogen-bond donors (Lipinski definition) is 2. The molecule has 0 unspecified atom stereocenters. The fourth-order valence-electron chi connectivity index (χ4n) is 1.55. The van der Waals surface area contributed by atoms with Gasteiger partial charge in [0, 0.05) is 25.3 Å². The zero-order chi connectivity index (χ0) is 6.10. The molecule has 0 radical (unpaired) electrons. The highest BCUT2D eigenvalue weighted by Gasteiger charge is 2.15. The van der Waals surface area contributed by atoms with E-state index in [-0.39, 0.29) is 0 Å². The van der Waals surface area contributed by atoms with Crippen molar-refractivity contribution in [2.24, 2.45) is 0 Å². The zero-order valence-electron chi connectivity index (χ0n) is 5.54. The van der Waals surface area contributed by atoms with Gasteiger partial charge in [-0.15, -0.1) is 0 Å². The molecule has 0 aromatic heterocycles. The lowest BCUT2D eigenvalue weighted by molar-refractivity contribution is 0.667. The molecule has 2 nitrogen and oxygen atoms in total. The van der Waals surface area contributed by atoms with Crippen molar-refractivity contribution in [2.45, 2.75) is 12.8 Å². The van der Waals surface area contributed by atoms with Crippen LogP contribution in [0.5, 0.6) is 0 Å². The topological polar surface area (TPSA) is 24.1 Å². The number of hydrogen-bond acceptors (Lipinski definition) is 2. The molecular weight excluding hydrogens is 112 g/mol. The molecule has 2 N–H and O–H groups in total. The summed E-state index contributed by atoms with van der Waals surface area (Å²) in [6.07, 6.45) is 2.48. The Morgan fingerprint density at radius 3 is 3.00 bits per heavy atom. The number of nitrogens with one attached hydrogen (secondary N) is 2. The second-order valence-electron chi connectivity index (χ2n) is 2.69. The van der Waals surface area contributed by atoms with E-state index in [1.165, 1.54) is 25.1 Å². The maximum atomic E-state index is 3.40. The molecule has 0 spiro atoms. The molecule has 2 heterocycles. The van der Waals surface area contributed by atoms with Crippen molar-refractivity contribution in [1.82, 2.24) is 10.6 Å². The predicted molar refractivity (Wildman–Crippen MR) is 37.1 cm³/mol. The smallest absolute Gasteiger partial charge is 0.0185 e. The van der Waals surface area contributed by atoms with Gasteiger partial charge in [0.2, 0.25) is 0 Å². The Hall–Kier alpha value is -0.500. The van der Waals surface area contributed by atoms with Crippen LogP contribution in [-0.4, -0.2) is 19.6 Å². The van der Waals surface area contributed by atoms with Crippen LogP contribution in [-0.2, 0) is 0 Å². The molecule has 0 aliphatic carbocycles. The van der Waals surface area contributed by atoms with E-state index in [1.54, 1.807) is 5.57 Å². The minimum atomic E-state index is 1.13. The van der Waals surface area contributed by atoms with Crippen molar-refractivity contribution >= 4 is 0 Å². The molecule has 0 amide bonds. The Bertz CT molecular complexity index is 133. The Kier molecular flexibility index (Phi) is 1.19. The highest BCUT2D eigenvalue weighted by molar-refractivity contribution is 5.21. The molecule has 0 saturated heterocycles. The van der Waals surface area contributed by atoms with Crippen LogP contribution in [0.1, 0.15) is 12.8 Å². The molecule has 2 aliphatic rings. The summed E-state index contributed by atoms with van der Waals surface area (Å²) in [5.41, 5.74) is 3.13. The van der Waals surface area contributed by atoms with Crippen LogP contribution in [0.3, 0.4) is 0 Å². The summed E-state index contributed by atoms with van der Waals surface area (Å²) in [5, 5.41) is 6.76. The fourth-order valence-corrected chi connectivity index (χ4v) is 1.55. The van der Waals surface area contributed by atoms with Crippen molar-refractivity contribution in [3.05, 3.63) is 11.3 Å². The first-order valence-electron chi connectivity index (χ1n) is 3.62. The molecular formula is C7H12N2. The predicted octanol–water partition coefficient (Wildman–Crippen LogP) is 0.227. The minimum absolute atomic E-state index is 1.13. The van der Waals surface area contributed by atoms with Gasteiger partial charge in [-0.2, -0.15) is 0 Å². The van der Waals surface area contributed by atoms with Crippen molar-refractivity contribution < 1.29 is 0 Å². The van der Waals surface area contributed by atoms with Crippen LogP contribution in [0.4, 0.5) is 0 Å². The molecule has 2 aliphatic heterocycles. The monoisotopic (exact) mass is 124 g/mol. The summed E-state index contributed by atoms with van der Waals surface area (Å²) in [5.74, 6) is 0. The summed E-state index contributed by atoms with van der Waals surface area (Å²) in [6, 6.07) is 0. The van der Waals surface area contributed by atoms with E-state index in [4.69, 9.17) is 0 Å². The first-order chi connectivity index (χ1) is 4.47. The standard InChI is InChI=1S/C7H12N2/c1-4-9-7-2-3-8-5-6(1)7/h8-9H,1-5H2. The maximum absolute atomic E-state index is 3.40. The summed E-state index contributed by atoms with van der Waals surface area (Å²) in [6.45, 7) is 3.46. The highest BCUT2D eigenvalue weighted by Crippen LogP contribution is 2.17. The van der Waals surface area contributed by atoms with Gasteiger partial charge in [0.25, 0.3) is 0 Å². The average molecular weight is 124 g/mol. The lowest BCUT2D eigenvalue weighted by Crippen LogP contribution is -2.25. The lowest BCUT2D eigenvalue weighted by Gasteiger charge is -2.14.